The normalized spacial score (nSPS) is 12.1. The van der Waals surface area contributed by atoms with Gasteiger partial charge in [0.1, 0.15) is 17.9 Å². The molecule has 130 valence electrons. The average Bonchev–Trinajstić information content (AvgIpc) is 3.25. The van der Waals surface area contributed by atoms with Crippen molar-refractivity contribution in [2.75, 3.05) is 0 Å². The van der Waals surface area contributed by atoms with Crippen LogP contribution >= 0.6 is 11.6 Å². The maximum atomic E-state index is 12.5. The lowest BCUT2D eigenvalue weighted by Gasteiger charge is -2.13. The number of benzene rings is 1. The minimum Gasteiger partial charge on any atom is -0.451 e. The van der Waals surface area contributed by atoms with Crippen LogP contribution < -0.4 is 5.32 Å². The fraction of sp³-hybridized carbons (Fsp3) is 0.278. The van der Waals surface area contributed by atoms with Crippen molar-refractivity contribution in [1.82, 2.24) is 20.1 Å². The van der Waals surface area contributed by atoms with Crippen LogP contribution in [-0.4, -0.2) is 20.7 Å². The van der Waals surface area contributed by atoms with Gasteiger partial charge in [-0.05, 0) is 37.6 Å². The summed E-state index contributed by atoms with van der Waals surface area (Å²) < 4.78 is 7.46. The Morgan fingerprint density at radius 3 is 2.88 bits per heavy atom. The van der Waals surface area contributed by atoms with Crippen molar-refractivity contribution in [3.05, 3.63) is 59.3 Å². The van der Waals surface area contributed by atoms with Gasteiger partial charge in [-0.15, -0.1) is 0 Å². The van der Waals surface area contributed by atoms with Crippen molar-refractivity contribution < 1.29 is 9.21 Å². The van der Waals surface area contributed by atoms with E-state index >= 15 is 0 Å². The highest BCUT2D eigenvalue weighted by atomic mass is 35.5. The molecule has 6 nitrogen and oxygen atoms in total. The number of nitrogens with one attached hydrogen (secondary N) is 1. The molecular weight excluding hydrogens is 340 g/mol. The van der Waals surface area contributed by atoms with Crippen LogP contribution in [0.25, 0.3) is 11.3 Å². The average molecular weight is 359 g/mol. The van der Waals surface area contributed by atoms with Crippen LogP contribution in [0.4, 0.5) is 0 Å². The van der Waals surface area contributed by atoms with E-state index in [1.807, 2.05) is 25.1 Å². The van der Waals surface area contributed by atoms with E-state index in [0.717, 1.165) is 18.5 Å². The van der Waals surface area contributed by atoms with E-state index in [-0.39, 0.29) is 17.7 Å². The number of furan rings is 1. The highest BCUT2D eigenvalue weighted by molar-refractivity contribution is 6.33. The summed E-state index contributed by atoms with van der Waals surface area (Å²) in [5, 5.41) is 7.64. The number of carbonyl (C=O) groups is 1. The Labute approximate surface area is 150 Å². The van der Waals surface area contributed by atoms with Gasteiger partial charge in [0.25, 0.3) is 5.91 Å². The molecule has 0 radical (unpaired) electrons. The molecule has 3 rings (SSSR count). The van der Waals surface area contributed by atoms with Gasteiger partial charge in [-0.3, -0.25) is 4.79 Å². The van der Waals surface area contributed by atoms with E-state index in [4.69, 9.17) is 16.0 Å². The molecule has 2 aromatic heterocycles. The molecule has 1 atom stereocenters. The van der Waals surface area contributed by atoms with Gasteiger partial charge in [0, 0.05) is 12.1 Å². The van der Waals surface area contributed by atoms with Gasteiger partial charge in [0.2, 0.25) is 0 Å². The summed E-state index contributed by atoms with van der Waals surface area (Å²) in [5.41, 5.74) is 0.749. The Bertz CT molecular complexity index is 871. The van der Waals surface area contributed by atoms with E-state index in [0.29, 0.717) is 16.6 Å². The maximum absolute atomic E-state index is 12.5. The molecule has 7 heteroatoms. The van der Waals surface area contributed by atoms with Crippen LogP contribution in [0.3, 0.4) is 0 Å². The maximum Gasteiger partial charge on any atom is 0.287 e. The molecule has 25 heavy (non-hydrogen) atoms. The second kappa shape index (κ2) is 7.53. The number of aryl methyl sites for hydroxylation is 1. The number of amides is 1. The van der Waals surface area contributed by atoms with Crippen LogP contribution in [0.1, 0.15) is 42.7 Å². The van der Waals surface area contributed by atoms with Gasteiger partial charge in [0.05, 0.1) is 11.1 Å². The van der Waals surface area contributed by atoms with Gasteiger partial charge in [0.15, 0.2) is 5.76 Å². The smallest absolute Gasteiger partial charge is 0.287 e. The topological polar surface area (TPSA) is 73.0 Å². The third-order valence-electron chi connectivity index (χ3n) is 3.78. The highest BCUT2D eigenvalue weighted by Crippen LogP contribution is 2.29. The van der Waals surface area contributed by atoms with Crippen molar-refractivity contribution >= 4 is 17.5 Å². The second-order valence-corrected chi connectivity index (χ2v) is 6.09. The first-order chi connectivity index (χ1) is 12.1. The molecule has 0 saturated carbocycles. The molecule has 0 aliphatic carbocycles. The molecule has 0 spiro atoms. The van der Waals surface area contributed by atoms with E-state index < -0.39 is 0 Å². The van der Waals surface area contributed by atoms with Gasteiger partial charge < -0.3 is 9.73 Å². The van der Waals surface area contributed by atoms with E-state index in [1.165, 1.54) is 6.33 Å². The largest absolute Gasteiger partial charge is 0.451 e. The molecule has 0 unspecified atom stereocenters. The quantitative estimate of drug-likeness (QED) is 0.720. The summed E-state index contributed by atoms with van der Waals surface area (Å²) in [4.78, 5) is 16.7. The fourth-order valence-corrected chi connectivity index (χ4v) is 2.82. The first-order valence-electron chi connectivity index (χ1n) is 8.13. The summed E-state index contributed by atoms with van der Waals surface area (Å²) in [5.74, 6) is 1.19. The zero-order valence-electron chi connectivity index (χ0n) is 14.1. The third-order valence-corrected chi connectivity index (χ3v) is 4.11. The molecule has 2 heterocycles. The summed E-state index contributed by atoms with van der Waals surface area (Å²) in [6.07, 6.45) is 2.44. The molecule has 0 aliphatic rings. The Balaban J connectivity index is 1.74. The van der Waals surface area contributed by atoms with Crippen molar-refractivity contribution in [1.29, 1.82) is 0 Å². The van der Waals surface area contributed by atoms with Crippen LogP contribution in [0.5, 0.6) is 0 Å². The molecule has 3 aromatic rings. The molecular formula is C18H19ClN4O2. The Hall–Kier alpha value is -2.60. The molecule has 1 N–H and O–H groups in total. The summed E-state index contributed by atoms with van der Waals surface area (Å²) in [6, 6.07) is 10.4. The van der Waals surface area contributed by atoms with Crippen LogP contribution in [0.15, 0.2) is 47.1 Å². The van der Waals surface area contributed by atoms with Crippen molar-refractivity contribution in [2.24, 2.45) is 0 Å². The molecule has 1 aromatic carbocycles. The number of hydrogen-bond donors (Lipinski definition) is 1. The van der Waals surface area contributed by atoms with Crippen molar-refractivity contribution in [3.63, 3.8) is 0 Å². The van der Waals surface area contributed by atoms with E-state index in [2.05, 4.69) is 22.3 Å². The van der Waals surface area contributed by atoms with Gasteiger partial charge >= 0.3 is 0 Å². The van der Waals surface area contributed by atoms with Gasteiger partial charge in [-0.2, -0.15) is 5.10 Å². The number of nitrogens with zero attached hydrogens (tertiary/aromatic N) is 3. The summed E-state index contributed by atoms with van der Waals surface area (Å²) >= 11 is 6.17. The number of aromatic nitrogens is 3. The number of hydrogen-bond acceptors (Lipinski definition) is 4. The van der Waals surface area contributed by atoms with Gasteiger partial charge in [-0.25, -0.2) is 9.67 Å². The number of rotatable bonds is 6. The number of halogens is 1. The number of carbonyl (C=O) groups excluding carboxylic acids is 1. The summed E-state index contributed by atoms with van der Waals surface area (Å²) in [7, 11) is 0. The van der Waals surface area contributed by atoms with Crippen LogP contribution in [-0.2, 0) is 6.54 Å². The van der Waals surface area contributed by atoms with Crippen molar-refractivity contribution in [3.8, 4) is 11.3 Å². The minimum absolute atomic E-state index is 0.225. The molecule has 0 saturated heterocycles. The lowest BCUT2D eigenvalue weighted by atomic mass is 10.2. The van der Waals surface area contributed by atoms with Gasteiger partial charge in [-0.1, -0.05) is 30.7 Å². The lowest BCUT2D eigenvalue weighted by molar-refractivity contribution is 0.0910. The Morgan fingerprint density at radius 1 is 1.32 bits per heavy atom. The monoisotopic (exact) mass is 358 g/mol. The SMILES string of the molecule is CCCn1ncnc1[C@@H](C)NC(=O)c1ccc(-c2ccccc2Cl)o1. The predicted octanol–water partition coefficient (Wildman–Crippen LogP) is 4.09. The Kier molecular flexibility index (Phi) is 5.19. The predicted molar refractivity (Wildman–Crippen MR) is 95.3 cm³/mol. The van der Waals surface area contributed by atoms with E-state index in [9.17, 15) is 4.79 Å². The summed E-state index contributed by atoms with van der Waals surface area (Å²) in [6.45, 7) is 4.69. The first kappa shape index (κ1) is 17.2. The molecule has 1 amide bonds. The zero-order valence-corrected chi connectivity index (χ0v) is 14.8. The van der Waals surface area contributed by atoms with E-state index in [1.54, 1.807) is 22.9 Å². The first-order valence-corrected chi connectivity index (χ1v) is 8.51. The molecule has 0 bridgehead atoms. The van der Waals surface area contributed by atoms with Crippen LogP contribution in [0.2, 0.25) is 5.02 Å². The molecule has 0 fully saturated rings. The Morgan fingerprint density at radius 2 is 2.12 bits per heavy atom. The van der Waals surface area contributed by atoms with Crippen LogP contribution in [0, 0.1) is 0 Å². The lowest BCUT2D eigenvalue weighted by Crippen LogP contribution is -2.28. The van der Waals surface area contributed by atoms with Crippen molar-refractivity contribution in [2.45, 2.75) is 32.9 Å². The second-order valence-electron chi connectivity index (χ2n) is 5.68. The zero-order chi connectivity index (χ0) is 17.8. The molecule has 0 aliphatic heterocycles. The minimum atomic E-state index is -0.308. The highest BCUT2D eigenvalue weighted by Gasteiger charge is 2.19. The third kappa shape index (κ3) is 3.74. The standard InChI is InChI=1S/C18H19ClN4O2/c1-3-10-23-17(20-11-21-23)12(2)22-18(24)16-9-8-15(25-16)13-6-4-5-7-14(13)19/h4-9,11-12H,3,10H2,1-2H3,(H,22,24)/t12-/m1/s1. The fourth-order valence-electron chi connectivity index (χ4n) is 2.59.